The van der Waals surface area contributed by atoms with Gasteiger partial charge in [0.15, 0.2) is 5.70 Å². The molecule has 0 amide bonds. The van der Waals surface area contributed by atoms with E-state index >= 15 is 0 Å². The Kier molecular flexibility index (Phi) is 3.54. The normalized spacial score (nSPS) is 16.0. The van der Waals surface area contributed by atoms with Gasteiger partial charge in [-0.15, -0.1) is 0 Å². The molecule has 0 saturated heterocycles. The predicted octanol–water partition coefficient (Wildman–Crippen LogP) is 3.82. The molecule has 0 radical (unpaired) electrons. The highest BCUT2D eigenvalue weighted by atomic mass is 35.5. The first-order valence-corrected chi connectivity index (χ1v) is 6.54. The number of carbonyl (C=O) groups excluding carboxylic acids is 1. The van der Waals surface area contributed by atoms with Crippen LogP contribution in [0.15, 0.2) is 59.2 Å². The Morgan fingerprint density at radius 3 is 2.71 bits per heavy atom. The van der Waals surface area contributed by atoms with E-state index in [0.29, 0.717) is 10.6 Å². The molecule has 3 rings (SSSR count). The molecule has 5 heteroatoms. The second-order valence-corrected chi connectivity index (χ2v) is 4.80. The lowest BCUT2D eigenvalue weighted by atomic mass is 10.2. The number of hydrogen-bond acceptors (Lipinski definition) is 3. The monoisotopic (exact) mass is 301 g/mol. The molecule has 1 heterocycles. The number of esters is 1. The number of nitrogens with zero attached hydrogens (tertiary/aromatic N) is 1. The first-order valence-electron chi connectivity index (χ1n) is 6.16. The Balaban J connectivity index is 1.98. The minimum Gasteiger partial charge on any atom is -0.402 e. The van der Waals surface area contributed by atoms with Crippen LogP contribution in [-0.4, -0.2) is 11.9 Å². The van der Waals surface area contributed by atoms with Crippen molar-refractivity contribution in [1.29, 1.82) is 0 Å². The van der Waals surface area contributed by atoms with Crippen LogP contribution in [0.4, 0.5) is 4.39 Å². The van der Waals surface area contributed by atoms with Crippen LogP contribution in [0.3, 0.4) is 0 Å². The molecule has 0 N–H and O–H groups in total. The highest BCUT2D eigenvalue weighted by Crippen LogP contribution is 2.21. The molecule has 1 aliphatic heterocycles. The minimum atomic E-state index is -0.617. The van der Waals surface area contributed by atoms with Crippen molar-refractivity contribution in [2.24, 2.45) is 4.99 Å². The Bertz CT molecular complexity index is 783. The Morgan fingerprint density at radius 1 is 1.14 bits per heavy atom. The first kappa shape index (κ1) is 13.5. The molecule has 0 fully saturated rings. The van der Waals surface area contributed by atoms with Gasteiger partial charge in [0.1, 0.15) is 5.82 Å². The summed E-state index contributed by atoms with van der Waals surface area (Å²) in [7, 11) is 0. The quantitative estimate of drug-likeness (QED) is 0.625. The van der Waals surface area contributed by atoms with Gasteiger partial charge in [0, 0.05) is 16.1 Å². The van der Waals surface area contributed by atoms with Crippen LogP contribution in [0.5, 0.6) is 0 Å². The maximum Gasteiger partial charge on any atom is 0.363 e. The maximum atomic E-state index is 13.6. The molecule has 104 valence electrons. The minimum absolute atomic E-state index is 0.0510. The van der Waals surface area contributed by atoms with Gasteiger partial charge in [-0.1, -0.05) is 35.9 Å². The molecule has 1 aliphatic rings. The summed E-state index contributed by atoms with van der Waals surface area (Å²) < 4.78 is 18.7. The molecule has 0 bridgehead atoms. The van der Waals surface area contributed by atoms with Crippen LogP contribution >= 0.6 is 11.6 Å². The fourth-order valence-electron chi connectivity index (χ4n) is 1.89. The molecule has 0 saturated carbocycles. The van der Waals surface area contributed by atoms with E-state index in [4.69, 9.17) is 16.3 Å². The standard InChI is InChI=1S/C16H9ClFNO2/c17-12-6-3-5-11(8-12)15-19-14(16(20)21-15)9-10-4-1-2-7-13(10)18/h1-9H/b14-9+. The van der Waals surface area contributed by atoms with Gasteiger partial charge in [-0.3, -0.25) is 0 Å². The molecule has 0 aromatic heterocycles. The smallest absolute Gasteiger partial charge is 0.363 e. The van der Waals surface area contributed by atoms with Gasteiger partial charge in [-0.05, 0) is 30.3 Å². The summed E-state index contributed by atoms with van der Waals surface area (Å²) in [5.41, 5.74) is 0.920. The lowest BCUT2D eigenvalue weighted by molar-refractivity contribution is -0.129. The maximum absolute atomic E-state index is 13.6. The molecular formula is C16H9ClFNO2. The van der Waals surface area contributed by atoms with E-state index in [1.165, 1.54) is 12.1 Å². The number of hydrogen-bond donors (Lipinski definition) is 0. The van der Waals surface area contributed by atoms with E-state index in [2.05, 4.69) is 4.99 Å². The van der Waals surface area contributed by atoms with Crippen LogP contribution in [0, 0.1) is 5.82 Å². The van der Waals surface area contributed by atoms with Gasteiger partial charge in [0.25, 0.3) is 0 Å². The Hall–Kier alpha value is -2.46. The average Bonchev–Trinajstić information content (AvgIpc) is 2.83. The van der Waals surface area contributed by atoms with Crippen molar-refractivity contribution in [3.05, 3.63) is 76.2 Å². The van der Waals surface area contributed by atoms with Crippen molar-refractivity contribution in [3.8, 4) is 0 Å². The number of ether oxygens (including phenoxy) is 1. The zero-order valence-corrected chi connectivity index (χ0v) is 11.5. The number of halogens is 2. The van der Waals surface area contributed by atoms with Gasteiger partial charge in [-0.25, -0.2) is 14.2 Å². The van der Waals surface area contributed by atoms with Crippen molar-refractivity contribution < 1.29 is 13.9 Å². The van der Waals surface area contributed by atoms with Crippen LogP contribution in [0.1, 0.15) is 11.1 Å². The van der Waals surface area contributed by atoms with Crippen molar-refractivity contribution in [2.75, 3.05) is 0 Å². The van der Waals surface area contributed by atoms with E-state index in [1.807, 2.05) is 0 Å². The molecule has 0 unspecified atom stereocenters. The fraction of sp³-hybridized carbons (Fsp3) is 0. The van der Waals surface area contributed by atoms with Crippen LogP contribution in [0.25, 0.3) is 6.08 Å². The van der Waals surface area contributed by atoms with E-state index in [1.54, 1.807) is 42.5 Å². The topological polar surface area (TPSA) is 38.7 Å². The molecule has 0 aliphatic carbocycles. The Labute approximate surface area is 125 Å². The number of rotatable bonds is 2. The third-order valence-corrected chi connectivity index (χ3v) is 3.12. The summed E-state index contributed by atoms with van der Waals surface area (Å²) in [6.45, 7) is 0. The molecule has 0 spiro atoms. The zero-order valence-electron chi connectivity index (χ0n) is 10.7. The van der Waals surface area contributed by atoms with Gasteiger partial charge in [0.2, 0.25) is 5.90 Å². The summed E-state index contributed by atoms with van der Waals surface area (Å²) in [5, 5.41) is 0.512. The number of aliphatic imine (C=N–C) groups is 1. The van der Waals surface area contributed by atoms with E-state index in [9.17, 15) is 9.18 Å². The van der Waals surface area contributed by atoms with Crippen LogP contribution < -0.4 is 0 Å². The third-order valence-electron chi connectivity index (χ3n) is 2.89. The van der Waals surface area contributed by atoms with Gasteiger partial charge < -0.3 is 4.74 Å². The molecule has 0 atom stereocenters. The van der Waals surface area contributed by atoms with E-state index in [0.717, 1.165) is 0 Å². The van der Waals surface area contributed by atoms with Crippen LogP contribution in [-0.2, 0) is 9.53 Å². The van der Waals surface area contributed by atoms with Crippen molar-refractivity contribution in [1.82, 2.24) is 0 Å². The summed E-state index contributed by atoms with van der Waals surface area (Å²) in [4.78, 5) is 15.9. The fourth-order valence-corrected chi connectivity index (χ4v) is 2.08. The van der Waals surface area contributed by atoms with E-state index in [-0.39, 0.29) is 17.2 Å². The summed E-state index contributed by atoms with van der Waals surface area (Å²) >= 11 is 5.89. The summed E-state index contributed by atoms with van der Waals surface area (Å²) in [6.07, 6.45) is 1.36. The highest BCUT2D eigenvalue weighted by molar-refractivity contribution is 6.31. The zero-order chi connectivity index (χ0) is 14.8. The largest absolute Gasteiger partial charge is 0.402 e. The Morgan fingerprint density at radius 2 is 1.95 bits per heavy atom. The second kappa shape index (κ2) is 5.50. The molecular weight excluding hydrogens is 293 g/mol. The summed E-state index contributed by atoms with van der Waals surface area (Å²) in [5.74, 6) is -0.887. The van der Waals surface area contributed by atoms with E-state index < -0.39 is 11.8 Å². The highest BCUT2D eigenvalue weighted by Gasteiger charge is 2.24. The lowest BCUT2D eigenvalue weighted by Gasteiger charge is -1.99. The number of carbonyl (C=O) groups is 1. The predicted molar refractivity (Wildman–Crippen MR) is 78.5 cm³/mol. The molecule has 3 nitrogen and oxygen atoms in total. The number of cyclic esters (lactones) is 1. The average molecular weight is 302 g/mol. The van der Waals surface area contributed by atoms with Crippen LogP contribution in [0.2, 0.25) is 5.02 Å². The molecule has 21 heavy (non-hydrogen) atoms. The second-order valence-electron chi connectivity index (χ2n) is 4.37. The summed E-state index contributed by atoms with van der Waals surface area (Å²) in [6, 6.07) is 12.9. The molecule has 2 aromatic rings. The van der Waals surface area contributed by atoms with Gasteiger partial charge in [0.05, 0.1) is 0 Å². The first-order chi connectivity index (χ1) is 10.1. The van der Waals surface area contributed by atoms with Gasteiger partial charge >= 0.3 is 5.97 Å². The van der Waals surface area contributed by atoms with Crippen molar-refractivity contribution >= 4 is 29.5 Å². The molecule has 2 aromatic carbocycles. The SMILES string of the molecule is O=C1OC(c2cccc(Cl)c2)=N/C1=C/c1ccccc1F. The van der Waals surface area contributed by atoms with Crippen molar-refractivity contribution in [2.45, 2.75) is 0 Å². The number of benzene rings is 2. The lowest BCUT2D eigenvalue weighted by Crippen LogP contribution is -2.05. The third kappa shape index (κ3) is 2.85. The van der Waals surface area contributed by atoms with Crippen molar-refractivity contribution in [3.63, 3.8) is 0 Å². The van der Waals surface area contributed by atoms with Gasteiger partial charge in [-0.2, -0.15) is 0 Å².